The summed E-state index contributed by atoms with van der Waals surface area (Å²) in [6, 6.07) is 6.77. The van der Waals surface area contributed by atoms with Gasteiger partial charge in [0.05, 0.1) is 10.6 Å². The van der Waals surface area contributed by atoms with Crippen LogP contribution in [0.25, 0.3) is 11.1 Å². The van der Waals surface area contributed by atoms with Gasteiger partial charge in [-0.2, -0.15) is 0 Å². The van der Waals surface area contributed by atoms with Crippen LogP contribution in [0, 0.1) is 5.82 Å². The Morgan fingerprint density at radius 3 is 2.32 bits per heavy atom. The summed E-state index contributed by atoms with van der Waals surface area (Å²) in [5, 5.41) is -1.16. The number of hydrogen-bond acceptors (Lipinski definition) is 2. The highest BCUT2D eigenvalue weighted by Gasteiger charge is 2.32. The lowest BCUT2D eigenvalue weighted by Gasteiger charge is -2.14. The molecule has 0 saturated heterocycles. The second kappa shape index (κ2) is 6.14. The number of benzene rings is 2. The second-order valence-corrected chi connectivity index (χ2v) is 4.88. The Bertz CT molecular complexity index is 729. The first kappa shape index (κ1) is 16.6. The predicted molar refractivity (Wildman–Crippen MR) is 73.7 cm³/mol. The Balaban J connectivity index is 2.58. The molecule has 0 aliphatic heterocycles. The molecule has 0 unspecified atom stereocenters. The summed E-state index contributed by atoms with van der Waals surface area (Å²) < 4.78 is 55.1. The van der Waals surface area contributed by atoms with Gasteiger partial charge in [-0.15, -0.1) is 13.2 Å². The number of hydrogen-bond donors (Lipinski definition) is 0. The highest BCUT2D eigenvalue weighted by Crippen LogP contribution is 2.37. The van der Waals surface area contributed by atoms with Gasteiger partial charge in [0, 0.05) is 11.1 Å². The van der Waals surface area contributed by atoms with Crippen molar-refractivity contribution in [2.75, 3.05) is 0 Å². The summed E-state index contributed by atoms with van der Waals surface area (Å²) in [5.41, 5.74) is -0.682. The van der Waals surface area contributed by atoms with Gasteiger partial charge < -0.3 is 4.74 Å². The SMILES string of the molecule is O=C(Cl)c1cc(F)c(-c2ccccc2OC(F)(F)F)cc1Cl. The molecule has 0 spiro atoms. The van der Waals surface area contributed by atoms with Crippen molar-refractivity contribution in [1.29, 1.82) is 0 Å². The minimum Gasteiger partial charge on any atom is -0.405 e. The first-order valence-corrected chi connectivity index (χ1v) is 6.48. The normalized spacial score (nSPS) is 11.4. The largest absolute Gasteiger partial charge is 0.573 e. The minimum atomic E-state index is -4.93. The van der Waals surface area contributed by atoms with Gasteiger partial charge in [0.2, 0.25) is 0 Å². The van der Waals surface area contributed by atoms with Crippen molar-refractivity contribution in [1.82, 2.24) is 0 Å². The molecule has 0 heterocycles. The molecule has 0 saturated carbocycles. The van der Waals surface area contributed by atoms with E-state index in [0.29, 0.717) is 0 Å². The smallest absolute Gasteiger partial charge is 0.405 e. The van der Waals surface area contributed by atoms with Crippen molar-refractivity contribution in [2.24, 2.45) is 0 Å². The van der Waals surface area contributed by atoms with Gasteiger partial charge in [-0.05, 0) is 29.8 Å². The Hall–Kier alpha value is -1.79. The van der Waals surface area contributed by atoms with Crippen molar-refractivity contribution in [2.45, 2.75) is 6.36 Å². The molecule has 0 aromatic heterocycles. The molecule has 0 radical (unpaired) electrons. The van der Waals surface area contributed by atoms with Crippen LogP contribution in [-0.4, -0.2) is 11.6 Å². The molecule has 0 amide bonds. The van der Waals surface area contributed by atoms with Crippen molar-refractivity contribution in [3.05, 3.63) is 52.8 Å². The molecule has 0 fully saturated rings. The molecule has 22 heavy (non-hydrogen) atoms. The lowest BCUT2D eigenvalue weighted by molar-refractivity contribution is -0.274. The van der Waals surface area contributed by atoms with E-state index in [0.717, 1.165) is 18.2 Å². The van der Waals surface area contributed by atoms with Gasteiger partial charge in [-0.3, -0.25) is 4.79 Å². The van der Waals surface area contributed by atoms with Crippen LogP contribution in [0.15, 0.2) is 36.4 Å². The maximum atomic E-state index is 14.1. The van der Waals surface area contributed by atoms with E-state index in [9.17, 15) is 22.4 Å². The lowest BCUT2D eigenvalue weighted by Crippen LogP contribution is -2.17. The van der Waals surface area contributed by atoms with E-state index in [-0.39, 0.29) is 21.7 Å². The van der Waals surface area contributed by atoms with Crippen LogP contribution in [0.4, 0.5) is 17.6 Å². The fourth-order valence-corrected chi connectivity index (χ4v) is 2.26. The zero-order valence-electron chi connectivity index (χ0n) is 10.5. The number of carbonyl (C=O) groups is 1. The summed E-state index contributed by atoms with van der Waals surface area (Å²) >= 11 is 11.0. The number of ether oxygens (including phenoxy) is 1. The van der Waals surface area contributed by atoms with Crippen LogP contribution in [0.5, 0.6) is 5.75 Å². The molecule has 2 aromatic carbocycles. The molecule has 0 N–H and O–H groups in total. The average Bonchev–Trinajstić information content (AvgIpc) is 2.39. The molecule has 0 aliphatic rings. The van der Waals surface area contributed by atoms with Crippen molar-refractivity contribution in [3.8, 4) is 16.9 Å². The zero-order chi connectivity index (χ0) is 16.5. The maximum absolute atomic E-state index is 14.1. The Morgan fingerprint density at radius 1 is 1.09 bits per heavy atom. The number of rotatable bonds is 3. The molecular weight excluding hydrogens is 347 g/mol. The lowest BCUT2D eigenvalue weighted by atomic mass is 10.0. The molecule has 8 heteroatoms. The topological polar surface area (TPSA) is 26.3 Å². The molecule has 2 rings (SSSR count). The third-order valence-electron chi connectivity index (χ3n) is 2.67. The third-order valence-corrected chi connectivity index (χ3v) is 3.19. The number of alkyl halides is 3. The van der Waals surface area contributed by atoms with Gasteiger partial charge in [0.15, 0.2) is 0 Å². The summed E-state index contributed by atoms with van der Waals surface area (Å²) in [4.78, 5) is 11.1. The van der Waals surface area contributed by atoms with Crippen LogP contribution in [0.1, 0.15) is 10.4 Å². The first-order valence-electron chi connectivity index (χ1n) is 5.73. The molecule has 2 aromatic rings. The standard InChI is InChI=1S/C14H6Cl2F4O2/c15-10-5-8(11(17)6-9(10)13(16)21)7-3-1-2-4-12(7)22-14(18,19)20/h1-6H. The van der Waals surface area contributed by atoms with Crippen molar-refractivity contribution < 1.29 is 27.1 Å². The summed E-state index contributed by atoms with van der Waals surface area (Å²) in [7, 11) is 0. The maximum Gasteiger partial charge on any atom is 0.573 e. The van der Waals surface area contributed by atoms with E-state index in [1.807, 2.05) is 0 Å². The van der Waals surface area contributed by atoms with Gasteiger partial charge >= 0.3 is 6.36 Å². The minimum absolute atomic E-state index is 0.159. The molecule has 2 nitrogen and oxygen atoms in total. The fraction of sp³-hybridized carbons (Fsp3) is 0.0714. The van der Waals surface area contributed by atoms with Crippen LogP contribution in [0.3, 0.4) is 0 Å². The summed E-state index contributed by atoms with van der Waals surface area (Å²) in [5.74, 6) is -1.54. The van der Waals surface area contributed by atoms with Crippen molar-refractivity contribution in [3.63, 3.8) is 0 Å². The van der Waals surface area contributed by atoms with Crippen LogP contribution in [0.2, 0.25) is 5.02 Å². The highest BCUT2D eigenvalue weighted by molar-refractivity contribution is 6.68. The van der Waals surface area contributed by atoms with Crippen molar-refractivity contribution >= 4 is 28.4 Å². The van der Waals surface area contributed by atoms with Crippen LogP contribution in [-0.2, 0) is 0 Å². The number of carbonyl (C=O) groups excluding carboxylic acids is 1. The molecule has 116 valence electrons. The summed E-state index contributed by atoms with van der Waals surface area (Å²) in [6.07, 6.45) is -4.93. The van der Waals surface area contributed by atoms with Crippen LogP contribution >= 0.6 is 23.2 Å². The predicted octanol–water partition coefficient (Wildman–Crippen LogP) is 5.42. The van der Waals surface area contributed by atoms with Gasteiger partial charge in [-0.1, -0.05) is 29.8 Å². The number of halogens is 6. The van der Waals surface area contributed by atoms with E-state index in [1.165, 1.54) is 18.2 Å². The van der Waals surface area contributed by atoms with E-state index < -0.39 is 23.2 Å². The first-order chi connectivity index (χ1) is 10.2. The Labute approximate surface area is 132 Å². The molecule has 0 bridgehead atoms. The van der Waals surface area contributed by atoms with E-state index in [2.05, 4.69) is 4.74 Å². The second-order valence-electron chi connectivity index (χ2n) is 4.13. The summed E-state index contributed by atoms with van der Waals surface area (Å²) in [6.45, 7) is 0. The quantitative estimate of drug-likeness (QED) is 0.544. The van der Waals surface area contributed by atoms with Crippen LogP contribution < -0.4 is 4.74 Å². The monoisotopic (exact) mass is 352 g/mol. The average molecular weight is 353 g/mol. The molecule has 0 atom stereocenters. The van der Waals surface area contributed by atoms with Gasteiger partial charge in [0.25, 0.3) is 5.24 Å². The van der Waals surface area contributed by atoms with Gasteiger partial charge in [-0.25, -0.2) is 4.39 Å². The molecule has 0 aliphatic carbocycles. The van der Waals surface area contributed by atoms with E-state index >= 15 is 0 Å². The Morgan fingerprint density at radius 2 is 1.73 bits per heavy atom. The number of para-hydroxylation sites is 1. The van der Waals surface area contributed by atoms with E-state index in [4.69, 9.17) is 23.2 Å². The molecular formula is C14H6Cl2F4O2. The Kier molecular flexibility index (Phi) is 4.63. The van der Waals surface area contributed by atoms with Gasteiger partial charge in [0.1, 0.15) is 11.6 Å². The fourth-order valence-electron chi connectivity index (χ4n) is 1.81. The zero-order valence-corrected chi connectivity index (χ0v) is 12.1. The third kappa shape index (κ3) is 3.69. The highest BCUT2D eigenvalue weighted by atomic mass is 35.5. The van der Waals surface area contributed by atoms with E-state index in [1.54, 1.807) is 0 Å².